The Labute approximate surface area is 104 Å². The minimum Gasteiger partial charge on any atom is -0.500 e. The molecule has 0 bridgehead atoms. The van der Waals surface area contributed by atoms with Gasteiger partial charge in [-0.05, 0) is 13.0 Å². The third-order valence-electron chi connectivity index (χ3n) is 2.07. The van der Waals surface area contributed by atoms with Crippen LogP contribution in [0.2, 0.25) is 0 Å². The molecule has 0 fully saturated rings. The quantitative estimate of drug-likeness (QED) is 0.519. The summed E-state index contributed by atoms with van der Waals surface area (Å²) in [7, 11) is 0. The van der Waals surface area contributed by atoms with Crippen molar-refractivity contribution in [3.05, 3.63) is 27.8 Å². The van der Waals surface area contributed by atoms with Gasteiger partial charge in [-0.3, -0.25) is 14.9 Å². The Balaban J connectivity index is 3.42. The first-order valence-electron chi connectivity index (χ1n) is 4.94. The zero-order chi connectivity index (χ0) is 14.8. The summed E-state index contributed by atoms with van der Waals surface area (Å²) in [5, 5.41) is 20.0. The summed E-state index contributed by atoms with van der Waals surface area (Å²) in [6.07, 6.45) is -5.17. The number of nitro benzene ring substituents is 1. The minimum absolute atomic E-state index is 0.0472. The van der Waals surface area contributed by atoms with E-state index < -0.39 is 39.6 Å². The van der Waals surface area contributed by atoms with Gasteiger partial charge in [-0.15, -0.1) is 0 Å². The van der Waals surface area contributed by atoms with Gasteiger partial charge in [-0.1, -0.05) is 0 Å². The molecule has 19 heavy (non-hydrogen) atoms. The largest absolute Gasteiger partial charge is 0.500 e. The molecule has 0 saturated carbocycles. The topological polar surface area (TPSA) is 89.7 Å². The molecule has 1 aromatic carbocycles. The molecule has 9 heteroatoms. The maximum atomic E-state index is 12.3. The van der Waals surface area contributed by atoms with Crippen LogP contribution in [0.5, 0.6) is 11.5 Å². The number of phenolic OH excluding ortho intramolecular Hbond substituents is 1. The molecule has 104 valence electrons. The number of nitro groups is 1. The first kappa shape index (κ1) is 14.7. The van der Waals surface area contributed by atoms with E-state index in [0.717, 1.165) is 0 Å². The molecule has 6 nitrogen and oxygen atoms in total. The van der Waals surface area contributed by atoms with Crippen LogP contribution in [0.4, 0.5) is 18.9 Å². The second kappa shape index (κ2) is 5.12. The van der Waals surface area contributed by atoms with E-state index in [1.54, 1.807) is 0 Å². The van der Waals surface area contributed by atoms with Crippen LogP contribution in [0.1, 0.15) is 17.3 Å². The predicted octanol–water partition coefficient (Wildman–Crippen LogP) is 2.44. The summed E-state index contributed by atoms with van der Waals surface area (Å²) in [6.45, 7) is 1.41. The van der Waals surface area contributed by atoms with E-state index in [9.17, 15) is 33.2 Å². The van der Waals surface area contributed by atoms with E-state index >= 15 is 0 Å². The molecular weight excluding hydrogens is 271 g/mol. The third-order valence-corrected chi connectivity index (χ3v) is 2.07. The zero-order valence-electron chi connectivity index (χ0n) is 9.52. The number of hydrogen-bond donors (Lipinski definition) is 1. The Bertz CT molecular complexity index is 527. The standard InChI is InChI=1S/C10H8F3NO5/c1-2-19-7-4-5(9(16)10(11,12)13)3-6(8(7)15)14(17)18/h3-4,15H,2H2,1H3. The lowest BCUT2D eigenvalue weighted by Gasteiger charge is -2.09. The third kappa shape index (κ3) is 3.12. The van der Waals surface area contributed by atoms with Crippen molar-refractivity contribution >= 4 is 11.5 Å². The molecule has 0 aliphatic rings. The van der Waals surface area contributed by atoms with Gasteiger partial charge in [0.05, 0.1) is 11.5 Å². The monoisotopic (exact) mass is 279 g/mol. The average molecular weight is 279 g/mol. The fraction of sp³-hybridized carbons (Fsp3) is 0.300. The van der Waals surface area contributed by atoms with Crippen LogP contribution in [-0.2, 0) is 0 Å². The van der Waals surface area contributed by atoms with Crippen molar-refractivity contribution in [1.29, 1.82) is 0 Å². The Hall–Kier alpha value is -2.32. The molecule has 1 N–H and O–H groups in total. The van der Waals surface area contributed by atoms with Crippen LogP contribution in [0.3, 0.4) is 0 Å². The number of ether oxygens (including phenoxy) is 1. The van der Waals surface area contributed by atoms with Crippen molar-refractivity contribution < 1.29 is 32.7 Å². The summed E-state index contributed by atoms with van der Waals surface area (Å²) in [6, 6.07) is 0.968. The van der Waals surface area contributed by atoms with Gasteiger partial charge in [0.25, 0.3) is 5.78 Å². The highest BCUT2D eigenvalue weighted by atomic mass is 19.4. The summed E-state index contributed by atoms with van der Waals surface area (Å²) in [5.41, 5.74) is -2.00. The van der Waals surface area contributed by atoms with E-state index in [2.05, 4.69) is 0 Å². The zero-order valence-corrected chi connectivity index (χ0v) is 9.52. The molecule has 0 radical (unpaired) electrons. The van der Waals surface area contributed by atoms with Crippen LogP contribution in [0.15, 0.2) is 12.1 Å². The predicted molar refractivity (Wildman–Crippen MR) is 56.3 cm³/mol. The number of aromatic hydroxyl groups is 1. The number of hydrogen-bond acceptors (Lipinski definition) is 5. The van der Waals surface area contributed by atoms with Crippen LogP contribution in [-0.4, -0.2) is 28.6 Å². The number of phenols is 1. The molecule has 1 aromatic rings. The van der Waals surface area contributed by atoms with Gasteiger partial charge < -0.3 is 9.84 Å². The van der Waals surface area contributed by atoms with Crippen LogP contribution < -0.4 is 4.74 Å². The van der Waals surface area contributed by atoms with Crippen molar-refractivity contribution in [1.82, 2.24) is 0 Å². The molecule has 0 unspecified atom stereocenters. The van der Waals surface area contributed by atoms with Crippen molar-refractivity contribution in [2.24, 2.45) is 0 Å². The summed E-state index contributed by atoms with van der Waals surface area (Å²) >= 11 is 0. The Kier molecular flexibility index (Phi) is 3.98. The summed E-state index contributed by atoms with van der Waals surface area (Å²) < 4.78 is 41.5. The number of benzene rings is 1. The van der Waals surface area contributed by atoms with Gasteiger partial charge in [-0.25, -0.2) is 0 Å². The highest BCUT2D eigenvalue weighted by molar-refractivity contribution is 6.01. The highest BCUT2D eigenvalue weighted by Gasteiger charge is 2.40. The maximum Gasteiger partial charge on any atom is 0.454 e. The molecule has 0 aromatic heterocycles. The van der Waals surface area contributed by atoms with Gasteiger partial charge in [0.1, 0.15) is 0 Å². The molecule has 0 amide bonds. The molecule has 0 aliphatic carbocycles. The smallest absolute Gasteiger partial charge is 0.454 e. The lowest BCUT2D eigenvalue weighted by Crippen LogP contribution is -2.22. The Morgan fingerprint density at radius 1 is 1.47 bits per heavy atom. The molecule has 0 saturated heterocycles. The number of nitrogens with zero attached hydrogens (tertiary/aromatic N) is 1. The average Bonchev–Trinajstić information content (AvgIpc) is 2.29. The highest BCUT2D eigenvalue weighted by Crippen LogP contribution is 2.38. The first-order chi connectivity index (χ1) is 8.68. The Morgan fingerprint density at radius 3 is 2.47 bits per heavy atom. The van der Waals surface area contributed by atoms with E-state index in [1.165, 1.54) is 6.92 Å². The van der Waals surface area contributed by atoms with Crippen molar-refractivity contribution in [2.45, 2.75) is 13.1 Å². The minimum atomic E-state index is -5.17. The van der Waals surface area contributed by atoms with Crippen molar-refractivity contribution in [2.75, 3.05) is 6.61 Å². The molecule has 0 heterocycles. The normalized spacial score (nSPS) is 11.2. The second-order valence-corrected chi connectivity index (χ2v) is 3.36. The number of Topliss-reactive ketones (excluding diaryl/α,β-unsaturated/α-hetero) is 1. The molecular formula is C10H8F3NO5. The Morgan fingerprint density at radius 2 is 2.05 bits per heavy atom. The second-order valence-electron chi connectivity index (χ2n) is 3.36. The van der Waals surface area contributed by atoms with Gasteiger partial charge in [0.15, 0.2) is 5.75 Å². The van der Waals surface area contributed by atoms with E-state index in [-0.39, 0.29) is 6.61 Å². The van der Waals surface area contributed by atoms with Crippen LogP contribution in [0, 0.1) is 10.1 Å². The first-order valence-corrected chi connectivity index (χ1v) is 4.94. The number of carbonyl (C=O) groups is 1. The van der Waals surface area contributed by atoms with Crippen molar-refractivity contribution in [3.8, 4) is 11.5 Å². The van der Waals surface area contributed by atoms with E-state index in [1.807, 2.05) is 0 Å². The number of halogens is 3. The number of rotatable bonds is 4. The van der Waals surface area contributed by atoms with Crippen LogP contribution >= 0.6 is 0 Å². The molecule has 0 spiro atoms. The van der Waals surface area contributed by atoms with E-state index in [0.29, 0.717) is 12.1 Å². The van der Waals surface area contributed by atoms with Gasteiger partial charge in [0, 0.05) is 11.6 Å². The number of carbonyl (C=O) groups excluding carboxylic acids is 1. The SMILES string of the molecule is CCOc1cc(C(=O)C(F)(F)F)cc([N+](=O)[O-])c1O. The van der Waals surface area contributed by atoms with Gasteiger partial charge in [0.2, 0.25) is 5.75 Å². The van der Waals surface area contributed by atoms with Gasteiger partial charge >= 0.3 is 11.9 Å². The van der Waals surface area contributed by atoms with Gasteiger partial charge in [-0.2, -0.15) is 13.2 Å². The summed E-state index contributed by atoms with van der Waals surface area (Å²) in [4.78, 5) is 20.5. The fourth-order valence-corrected chi connectivity index (χ4v) is 1.29. The molecule has 0 aliphatic heterocycles. The lowest BCUT2D eigenvalue weighted by molar-refractivity contribution is -0.386. The number of alkyl halides is 3. The molecule has 1 rings (SSSR count). The van der Waals surface area contributed by atoms with Crippen molar-refractivity contribution in [3.63, 3.8) is 0 Å². The maximum absolute atomic E-state index is 12.3. The number of ketones is 1. The lowest BCUT2D eigenvalue weighted by atomic mass is 10.1. The van der Waals surface area contributed by atoms with Crippen LogP contribution in [0.25, 0.3) is 0 Å². The summed E-state index contributed by atoms with van der Waals surface area (Å²) in [5.74, 6) is -3.73. The van der Waals surface area contributed by atoms with E-state index in [4.69, 9.17) is 4.74 Å². The molecule has 0 atom stereocenters. The fourth-order valence-electron chi connectivity index (χ4n) is 1.29.